The highest BCUT2D eigenvalue weighted by Crippen LogP contribution is 2.10. The molecule has 0 aliphatic rings. The number of hydrogen-bond acceptors (Lipinski definition) is 5. The molecule has 2 rings (SSSR count). The molecule has 2 heterocycles. The number of aromatic amines is 2. The van der Waals surface area contributed by atoms with Crippen molar-refractivity contribution in [2.24, 2.45) is 0 Å². The summed E-state index contributed by atoms with van der Waals surface area (Å²) in [5.74, 6) is 0.423. The first-order valence-corrected chi connectivity index (χ1v) is 6.22. The topological polar surface area (TPSA) is 124 Å². The van der Waals surface area contributed by atoms with Crippen LogP contribution in [0, 0.1) is 0 Å². The van der Waals surface area contributed by atoms with Gasteiger partial charge >= 0.3 is 0 Å². The largest absolute Gasteiger partial charge is 0.390 e. The van der Waals surface area contributed by atoms with Gasteiger partial charge in [-0.05, 0) is 6.07 Å². The van der Waals surface area contributed by atoms with Crippen molar-refractivity contribution in [1.29, 1.82) is 0 Å². The predicted octanol–water partition coefficient (Wildman–Crippen LogP) is -0.896. The zero-order chi connectivity index (χ0) is 12.3. The van der Waals surface area contributed by atoms with Gasteiger partial charge in [-0.15, -0.1) is 0 Å². The molecular weight excluding hydrogens is 246 g/mol. The number of hydrogen-bond donors (Lipinski definition) is 4. The molecule has 0 aliphatic heterocycles. The van der Waals surface area contributed by atoms with E-state index < -0.39 is 10.0 Å². The first-order chi connectivity index (χ1) is 8.12. The second kappa shape index (κ2) is 4.65. The average molecular weight is 257 g/mol. The minimum Gasteiger partial charge on any atom is -0.390 e. The molecule has 0 fully saturated rings. The molecule has 8 nitrogen and oxygen atoms in total. The van der Waals surface area contributed by atoms with Gasteiger partial charge in [0.2, 0.25) is 10.0 Å². The SMILES string of the molecule is O=S(=O)(NCc1ncn[nH]1)c1c[nH]c(CO)c1. The summed E-state index contributed by atoms with van der Waals surface area (Å²) in [7, 11) is -3.61. The van der Waals surface area contributed by atoms with Gasteiger partial charge in [0.25, 0.3) is 0 Å². The zero-order valence-corrected chi connectivity index (χ0v) is 9.53. The summed E-state index contributed by atoms with van der Waals surface area (Å²) in [5, 5.41) is 15.0. The van der Waals surface area contributed by atoms with Gasteiger partial charge in [-0.1, -0.05) is 0 Å². The molecule has 0 aliphatic carbocycles. The third-order valence-electron chi connectivity index (χ3n) is 2.09. The molecule has 0 saturated heterocycles. The Bertz CT molecular complexity index is 574. The molecule has 92 valence electrons. The number of aromatic nitrogens is 4. The molecule has 0 aromatic carbocycles. The normalized spacial score (nSPS) is 11.8. The fraction of sp³-hybridized carbons (Fsp3) is 0.250. The van der Waals surface area contributed by atoms with Gasteiger partial charge in [-0.2, -0.15) is 5.10 Å². The number of aliphatic hydroxyl groups is 1. The minimum atomic E-state index is -3.61. The van der Waals surface area contributed by atoms with Crippen LogP contribution in [-0.2, 0) is 23.2 Å². The Morgan fingerprint density at radius 3 is 2.88 bits per heavy atom. The molecule has 0 unspecified atom stereocenters. The van der Waals surface area contributed by atoms with E-state index in [4.69, 9.17) is 5.11 Å². The Morgan fingerprint density at radius 1 is 1.47 bits per heavy atom. The van der Waals surface area contributed by atoms with Crippen LogP contribution in [0.15, 0.2) is 23.5 Å². The van der Waals surface area contributed by atoms with Crippen LogP contribution < -0.4 is 4.72 Å². The lowest BCUT2D eigenvalue weighted by Crippen LogP contribution is -2.23. The van der Waals surface area contributed by atoms with E-state index in [1.54, 1.807) is 0 Å². The van der Waals surface area contributed by atoms with Crippen LogP contribution >= 0.6 is 0 Å². The van der Waals surface area contributed by atoms with Crippen molar-refractivity contribution in [3.05, 3.63) is 30.1 Å². The third kappa shape index (κ3) is 2.70. The highest BCUT2D eigenvalue weighted by molar-refractivity contribution is 7.89. The van der Waals surface area contributed by atoms with Crippen molar-refractivity contribution in [2.75, 3.05) is 0 Å². The van der Waals surface area contributed by atoms with Crippen LogP contribution in [0.3, 0.4) is 0 Å². The number of sulfonamides is 1. The van der Waals surface area contributed by atoms with Crippen molar-refractivity contribution in [1.82, 2.24) is 24.9 Å². The van der Waals surface area contributed by atoms with Crippen LogP contribution in [0.25, 0.3) is 0 Å². The molecule has 2 aromatic heterocycles. The van der Waals surface area contributed by atoms with Crippen LogP contribution in [0.2, 0.25) is 0 Å². The summed E-state index contributed by atoms with van der Waals surface area (Å²) in [5.41, 5.74) is 0.435. The van der Waals surface area contributed by atoms with Crippen molar-refractivity contribution in [3.63, 3.8) is 0 Å². The predicted molar refractivity (Wildman–Crippen MR) is 57.1 cm³/mol. The van der Waals surface area contributed by atoms with Gasteiger partial charge in [0.15, 0.2) is 0 Å². The molecule has 0 atom stereocenters. The van der Waals surface area contributed by atoms with E-state index in [0.717, 1.165) is 0 Å². The van der Waals surface area contributed by atoms with Gasteiger partial charge in [0.05, 0.1) is 18.0 Å². The summed E-state index contributed by atoms with van der Waals surface area (Å²) < 4.78 is 25.9. The Hall–Kier alpha value is -1.71. The number of nitrogens with zero attached hydrogens (tertiary/aromatic N) is 2. The quantitative estimate of drug-likeness (QED) is 0.553. The summed E-state index contributed by atoms with van der Waals surface area (Å²) in [6.45, 7) is -0.209. The highest BCUT2D eigenvalue weighted by atomic mass is 32.2. The van der Waals surface area contributed by atoms with Crippen LogP contribution in [0.4, 0.5) is 0 Å². The Morgan fingerprint density at radius 2 is 2.29 bits per heavy atom. The van der Waals surface area contributed by atoms with Crippen molar-refractivity contribution in [2.45, 2.75) is 18.0 Å². The fourth-order valence-corrected chi connectivity index (χ4v) is 2.23. The van der Waals surface area contributed by atoms with Crippen molar-refractivity contribution >= 4 is 10.0 Å². The smallest absolute Gasteiger partial charge is 0.242 e. The molecule has 0 amide bonds. The van der Waals surface area contributed by atoms with Gasteiger partial charge in [-0.25, -0.2) is 18.1 Å². The van der Waals surface area contributed by atoms with Gasteiger partial charge in [0.1, 0.15) is 12.2 Å². The first-order valence-electron chi connectivity index (χ1n) is 4.74. The monoisotopic (exact) mass is 257 g/mol. The van der Waals surface area contributed by atoms with Crippen molar-refractivity contribution < 1.29 is 13.5 Å². The summed E-state index contributed by atoms with van der Waals surface area (Å²) in [4.78, 5) is 6.51. The maximum Gasteiger partial charge on any atom is 0.242 e. The lowest BCUT2D eigenvalue weighted by atomic mass is 10.5. The van der Waals surface area contributed by atoms with E-state index in [0.29, 0.717) is 11.5 Å². The zero-order valence-electron chi connectivity index (χ0n) is 8.71. The highest BCUT2D eigenvalue weighted by Gasteiger charge is 2.15. The number of nitrogens with one attached hydrogen (secondary N) is 3. The van der Waals surface area contributed by atoms with Crippen LogP contribution in [-0.4, -0.2) is 33.7 Å². The van der Waals surface area contributed by atoms with E-state index >= 15 is 0 Å². The molecule has 0 spiro atoms. The summed E-state index contributed by atoms with van der Waals surface area (Å²) >= 11 is 0. The van der Waals surface area contributed by atoms with E-state index in [1.165, 1.54) is 18.6 Å². The van der Waals surface area contributed by atoms with Crippen LogP contribution in [0.5, 0.6) is 0 Å². The molecule has 4 N–H and O–H groups in total. The molecule has 0 radical (unpaired) electrons. The first kappa shape index (κ1) is 11.8. The molecule has 2 aromatic rings. The minimum absolute atomic E-state index is 0.0297. The number of aliphatic hydroxyl groups excluding tert-OH is 1. The maximum absolute atomic E-state index is 11.8. The lowest BCUT2D eigenvalue weighted by molar-refractivity contribution is 0.277. The molecular formula is C8H11N5O3S. The van der Waals surface area contributed by atoms with Crippen molar-refractivity contribution in [3.8, 4) is 0 Å². The summed E-state index contributed by atoms with van der Waals surface area (Å²) in [6, 6.07) is 1.36. The Labute approximate surface area is 97.1 Å². The van der Waals surface area contributed by atoms with E-state index in [9.17, 15) is 8.42 Å². The average Bonchev–Trinajstić information content (AvgIpc) is 2.98. The Kier molecular flexibility index (Phi) is 3.22. The van der Waals surface area contributed by atoms with Crippen LogP contribution in [0.1, 0.15) is 11.5 Å². The van der Waals surface area contributed by atoms with Gasteiger partial charge in [0, 0.05) is 11.9 Å². The van der Waals surface area contributed by atoms with Gasteiger partial charge < -0.3 is 10.1 Å². The van der Waals surface area contributed by atoms with E-state index in [1.807, 2.05) is 0 Å². The molecule has 0 bridgehead atoms. The second-order valence-corrected chi connectivity index (χ2v) is 5.04. The fourth-order valence-electron chi connectivity index (χ4n) is 1.23. The molecule has 17 heavy (non-hydrogen) atoms. The van der Waals surface area contributed by atoms with E-state index in [-0.39, 0.29) is 18.0 Å². The third-order valence-corrected chi connectivity index (χ3v) is 3.47. The Balaban J connectivity index is 2.08. The standard InChI is InChI=1S/C8H11N5O3S/c14-4-6-1-7(2-9-6)17(15,16)12-3-8-10-5-11-13-8/h1-2,5,9,12,14H,3-4H2,(H,10,11,13). The lowest BCUT2D eigenvalue weighted by Gasteiger charge is -2.01. The summed E-state index contributed by atoms with van der Waals surface area (Å²) in [6.07, 6.45) is 2.61. The maximum atomic E-state index is 11.8. The van der Waals surface area contributed by atoms with Gasteiger partial charge in [-0.3, -0.25) is 5.10 Å². The number of H-pyrrole nitrogens is 2. The molecule has 9 heteroatoms. The number of rotatable bonds is 5. The molecule has 0 saturated carbocycles. The second-order valence-electron chi connectivity index (χ2n) is 3.28. The van der Waals surface area contributed by atoms with E-state index in [2.05, 4.69) is 24.9 Å².